The van der Waals surface area contributed by atoms with E-state index >= 15 is 0 Å². The van der Waals surface area contributed by atoms with Gasteiger partial charge in [0.25, 0.3) is 0 Å². The van der Waals surface area contributed by atoms with Crippen LogP contribution in [-0.2, 0) is 12.5 Å². The van der Waals surface area contributed by atoms with Crippen LogP contribution in [0.5, 0.6) is 5.75 Å². The van der Waals surface area contributed by atoms with Crippen molar-refractivity contribution >= 4 is 13.3 Å². The van der Waals surface area contributed by atoms with Crippen molar-refractivity contribution in [3.8, 4) is 5.75 Å². The Morgan fingerprint density at radius 1 is 0.900 bits per heavy atom. The zero-order chi connectivity index (χ0) is 14.6. The molecule has 106 valence electrons. The maximum Gasteiger partial charge on any atom is 0.124 e. The van der Waals surface area contributed by atoms with Crippen molar-refractivity contribution in [3.63, 3.8) is 0 Å². The molecule has 0 aliphatic carbocycles. The quantitative estimate of drug-likeness (QED) is 0.755. The van der Waals surface area contributed by atoms with Crippen molar-refractivity contribution in [1.29, 1.82) is 0 Å². The third kappa shape index (κ3) is 3.13. The third-order valence-electron chi connectivity index (χ3n) is 3.95. The molecule has 0 unspecified atom stereocenters. The van der Waals surface area contributed by atoms with Gasteiger partial charge in [-0.05, 0) is 23.6 Å². The highest BCUT2D eigenvalue weighted by Gasteiger charge is 2.25. The lowest BCUT2D eigenvalue weighted by Crippen LogP contribution is -2.44. The maximum absolute atomic E-state index is 5.67. The molecule has 0 bridgehead atoms. The Morgan fingerprint density at radius 3 is 2.15 bits per heavy atom. The lowest BCUT2D eigenvalue weighted by Gasteiger charge is -2.25. The summed E-state index contributed by atoms with van der Waals surface area (Å²) in [6, 6.07) is 18.6. The van der Waals surface area contributed by atoms with Crippen LogP contribution in [0.4, 0.5) is 0 Å². The Kier molecular flexibility index (Phi) is 4.66. The fourth-order valence-electron chi connectivity index (χ4n) is 2.79. The summed E-state index contributed by atoms with van der Waals surface area (Å²) in [5, 5.41) is 1.50. The summed E-state index contributed by atoms with van der Waals surface area (Å²) in [6.07, 6.45) is 1.02. The zero-order valence-corrected chi connectivity index (χ0v) is 13.9. The van der Waals surface area contributed by atoms with E-state index < -0.39 is 8.07 Å². The fourth-order valence-corrected chi connectivity index (χ4v) is 5.31. The van der Waals surface area contributed by atoms with Gasteiger partial charge in [0, 0.05) is 0 Å². The maximum atomic E-state index is 5.67. The van der Waals surface area contributed by atoms with Gasteiger partial charge in [0.05, 0.1) is 15.2 Å². The molecule has 0 saturated heterocycles. The molecule has 0 saturated carbocycles. The van der Waals surface area contributed by atoms with Crippen LogP contribution in [0.15, 0.2) is 48.5 Å². The molecule has 0 radical (unpaired) electrons. The molecule has 0 aliphatic heterocycles. The Labute approximate surface area is 123 Å². The number of benzene rings is 2. The summed E-state index contributed by atoms with van der Waals surface area (Å²) in [5.74, 6) is 1.09. The SMILES string of the molecule is CCc1cccc(C[Si](C)(C)c2ccccc2)c1OC. The first kappa shape index (κ1) is 14.9. The van der Waals surface area contributed by atoms with Crippen LogP contribution >= 0.6 is 0 Å². The minimum atomic E-state index is -1.48. The van der Waals surface area contributed by atoms with Crippen molar-refractivity contribution in [2.45, 2.75) is 32.5 Å². The number of hydrogen-bond acceptors (Lipinski definition) is 1. The third-order valence-corrected chi connectivity index (χ3v) is 7.11. The standard InChI is InChI=1S/C18H24OSi/c1-5-15-10-9-11-16(18(15)19-2)14-20(3,4)17-12-7-6-8-13-17/h6-13H,5,14H2,1-4H3. The number of rotatable bonds is 5. The molecule has 0 atom stereocenters. The van der Waals surface area contributed by atoms with E-state index in [9.17, 15) is 0 Å². The van der Waals surface area contributed by atoms with Crippen LogP contribution < -0.4 is 9.92 Å². The van der Waals surface area contributed by atoms with Crippen LogP contribution in [-0.4, -0.2) is 15.2 Å². The molecule has 20 heavy (non-hydrogen) atoms. The predicted octanol–water partition coefficient (Wildman–Crippen LogP) is 3.95. The molecule has 0 heterocycles. The van der Waals surface area contributed by atoms with Gasteiger partial charge in [0.15, 0.2) is 0 Å². The molecule has 1 nitrogen and oxygen atoms in total. The molecule has 0 amide bonds. The van der Waals surface area contributed by atoms with Crippen LogP contribution in [0, 0.1) is 0 Å². The number of aryl methyl sites for hydroxylation is 1. The normalized spacial score (nSPS) is 11.4. The van der Waals surface area contributed by atoms with E-state index in [1.54, 1.807) is 7.11 Å². The Balaban J connectivity index is 2.34. The van der Waals surface area contributed by atoms with Gasteiger partial charge in [0.1, 0.15) is 5.75 Å². The van der Waals surface area contributed by atoms with Gasteiger partial charge >= 0.3 is 0 Å². The van der Waals surface area contributed by atoms with Crippen LogP contribution in [0.2, 0.25) is 13.1 Å². The second kappa shape index (κ2) is 6.27. The molecule has 0 spiro atoms. The number of ether oxygens (including phenoxy) is 1. The Morgan fingerprint density at radius 2 is 1.55 bits per heavy atom. The number of para-hydroxylation sites is 1. The minimum absolute atomic E-state index is 1.02. The van der Waals surface area contributed by atoms with Gasteiger partial charge < -0.3 is 4.74 Å². The first-order valence-electron chi connectivity index (χ1n) is 7.28. The van der Waals surface area contributed by atoms with E-state index in [4.69, 9.17) is 4.74 Å². The molecule has 2 aromatic carbocycles. The highest BCUT2D eigenvalue weighted by molar-refractivity contribution is 6.89. The molecule has 2 rings (SSSR count). The molecular weight excluding hydrogens is 260 g/mol. The lowest BCUT2D eigenvalue weighted by molar-refractivity contribution is 0.406. The average molecular weight is 284 g/mol. The summed E-state index contributed by atoms with van der Waals surface area (Å²) < 4.78 is 5.67. The second-order valence-corrected chi connectivity index (χ2v) is 10.6. The van der Waals surface area contributed by atoms with Crippen molar-refractivity contribution < 1.29 is 4.74 Å². The highest BCUT2D eigenvalue weighted by Crippen LogP contribution is 2.27. The largest absolute Gasteiger partial charge is 0.496 e. The summed E-state index contributed by atoms with van der Waals surface area (Å²) in [6.45, 7) is 7.04. The molecule has 0 aliphatic rings. The fraction of sp³-hybridized carbons (Fsp3) is 0.333. The van der Waals surface area contributed by atoms with E-state index in [2.05, 4.69) is 68.5 Å². The average Bonchev–Trinajstić information content (AvgIpc) is 2.47. The van der Waals surface area contributed by atoms with Crippen molar-refractivity contribution in [3.05, 3.63) is 59.7 Å². The van der Waals surface area contributed by atoms with E-state index in [-0.39, 0.29) is 0 Å². The number of methoxy groups -OCH3 is 1. The van der Waals surface area contributed by atoms with Crippen LogP contribution in [0.3, 0.4) is 0 Å². The van der Waals surface area contributed by atoms with Crippen molar-refractivity contribution in [2.24, 2.45) is 0 Å². The first-order valence-corrected chi connectivity index (χ1v) is 10.5. The summed E-state index contributed by atoms with van der Waals surface area (Å²) in [4.78, 5) is 0. The van der Waals surface area contributed by atoms with Gasteiger partial charge in [-0.2, -0.15) is 0 Å². The molecule has 0 aromatic heterocycles. The summed E-state index contributed by atoms with van der Waals surface area (Å²) in [7, 11) is 0.303. The van der Waals surface area contributed by atoms with Gasteiger partial charge in [-0.3, -0.25) is 0 Å². The minimum Gasteiger partial charge on any atom is -0.496 e. The Bertz CT molecular complexity index is 561. The van der Waals surface area contributed by atoms with E-state index in [0.29, 0.717) is 0 Å². The zero-order valence-electron chi connectivity index (χ0n) is 12.9. The molecule has 0 N–H and O–H groups in total. The molecular formula is C18H24OSi. The smallest absolute Gasteiger partial charge is 0.124 e. The molecule has 2 aromatic rings. The van der Waals surface area contributed by atoms with E-state index in [1.807, 2.05) is 0 Å². The Hall–Kier alpha value is -1.54. The lowest BCUT2D eigenvalue weighted by atomic mass is 10.1. The van der Waals surface area contributed by atoms with Crippen molar-refractivity contribution in [1.82, 2.24) is 0 Å². The van der Waals surface area contributed by atoms with Crippen LogP contribution in [0.25, 0.3) is 0 Å². The van der Waals surface area contributed by atoms with Crippen molar-refractivity contribution in [2.75, 3.05) is 7.11 Å². The number of hydrogen-bond donors (Lipinski definition) is 0. The van der Waals surface area contributed by atoms with Gasteiger partial charge in [-0.25, -0.2) is 0 Å². The second-order valence-electron chi connectivity index (χ2n) is 5.89. The summed E-state index contributed by atoms with van der Waals surface area (Å²) >= 11 is 0. The summed E-state index contributed by atoms with van der Waals surface area (Å²) in [5.41, 5.74) is 2.66. The van der Waals surface area contributed by atoms with Crippen LogP contribution in [0.1, 0.15) is 18.1 Å². The van der Waals surface area contributed by atoms with E-state index in [1.165, 1.54) is 16.3 Å². The van der Waals surface area contributed by atoms with Gasteiger partial charge in [-0.15, -0.1) is 0 Å². The van der Waals surface area contributed by atoms with Gasteiger partial charge in [0.2, 0.25) is 0 Å². The monoisotopic (exact) mass is 284 g/mol. The topological polar surface area (TPSA) is 9.23 Å². The molecule has 0 fully saturated rings. The molecule has 2 heteroatoms. The predicted molar refractivity (Wildman–Crippen MR) is 89.6 cm³/mol. The van der Waals surface area contributed by atoms with E-state index in [0.717, 1.165) is 18.2 Å². The van der Waals surface area contributed by atoms with Gasteiger partial charge in [-0.1, -0.05) is 73.7 Å². The highest BCUT2D eigenvalue weighted by atomic mass is 28.3. The first-order chi connectivity index (χ1) is 9.58.